The maximum atomic E-state index is 4.58. The van der Waals surface area contributed by atoms with E-state index in [1.54, 1.807) is 6.33 Å². The highest BCUT2D eigenvalue weighted by molar-refractivity contribution is 5.71. The lowest BCUT2D eigenvalue weighted by Crippen LogP contribution is -2.08. The van der Waals surface area contributed by atoms with Gasteiger partial charge in [0.15, 0.2) is 0 Å². The summed E-state index contributed by atoms with van der Waals surface area (Å²) in [6.45, 7) is 9.58. The van der Waals surface area contributed by atoms with Crippen LogP contribution >= 0.6 is 0 Å². The van der Waals surface area contributed by atoms with Gasteiger partial charge in [0, 0.05) is 17.7 Å². The van der Waals surface area contributed by atoms with Crippen LogP contribution in [0.5, 0.6) is 0 Å². The lowest BCUT2D eigenvalue weighted by molar-refractivity contribution is 0.892. The number of hydrogen-bond donors (Lipinski definition) is 1. The molecule has 0 radical (unpaired) electrons. The first-order valence-corrected chi connectivity index (χ1v) is 7.82. The van der Waals surface area contributed by atoms with E-state index in [4.69, 9.17) is 0 Å². The second kappa shape index (κ2) is 7.21. The minimum Gasteiger partial charge on any atom is -0.370 e. The minimum atomic E-state index is 0.944. The Kier molecular flexibility index (Phi) is 5.32. The van der Waals surface area contributed by atoms with Gasteiger partial charge in [-0.2, -0.15) is 0 Å². The molecule has 0 atom stereocenters. The molecule has 0 aliphatic carbocycles. The molecule has 0 aliphatic heterocycles. The van der Waals surface area contributed by atoms with E-state index in [0.29, 0.717) is 0 Å². The summed E-state index contributed by atoms with van der Waals surface area (Å²) in [7, 11) is 0. The van der Waals surface area contributed by atoms with Crippen LogP contribution in [0.1, 0.15) is 43.4 Å². The third kappa shape index (κ3) is 3.60. The lowest BCUT2D eigenvalue weighted by atomic mass is 9.97. The van der Waals surface area contributed by atoms with Crippen molar-refractivity contribution in [2.75, 3.05) is 11.9 Å². The summed E-state index contributed by atoms with van der Waals surface area (Å²) >= 11 is 0. The number of anilines is 1. The maximum absolute atomic E-state index is 4.58. The van der Waals surface area contributed by atoms with Gasteiger partial charge < -0.3 is 5.32 Å². The second-order valence-corrected chi connectivity index (χ2v) is 5.54. The van der Waals surface area contributed by atoms with Crippen molar-refractivity contribution in [2.45, 2.75) is 47.0 Å². The van der Waals surface area contributed by atoms with E-state index in [2.05, 4.69) is 61.2 Å². The number of nitrogens with one attached hydrogen (secondary N) is 1. The van der Waals surface area contributed by atoms with Gasteiger partial charge in [0.25, 0.3) is 0 Å². The van der Waals surface area contributed by atoms with Crippen molar-refractivity contribution >= 4 is 5.82 Å². The zero-order valence-corrected chi connectivity index (χ0v) is 13.5. The van der Waals surface area contributed by atoms with Gasteiger partial charge in [0.1, 0.15) is 12.1 Å². The molecule has 1 aromatic heterocycles. The van der Waals surface area contributed by atoms with Crippen LogP contribution in [0.25, 0.3) is 11.3 Å². The quantitative estimate of drug-likeness (QED) is 0.846. The highest BCUT2D eigenvalue weighted by atomic mass is 15.0. The molecule has 0 unspecified atom stereocenters. The number of benzene rings is 1. The number of hydrogen-bond acceptors (Lipinski definition) is 3. The summed E-state index contributed by atoms with van der Waals surface area (Å²) in [5, 5.41) is 3.44. The Bertz CT molecular complexity index is 605. The van der Waals surface area contributed by atoms with Crippen LogP contribution < -0.4 is 5.32 Å². The molecule has 0 spiro atoms. The van der Waals surface area contributed by atoms with Gasteiger partial charge in [-0.1, -0.05) is 44.0 Å². The van der Waals surface area contributed by atoms with Crippen molar-refractivity contribution in [2.24, 2.45) is 0 Å². The molecule has 3 nitrogen and oxygen atoms in total. The number of nitrogens with zero attached hydrogens (tertiary/aromatic N) is 2. The van der Waals surface area contributed by atoms with E-state index in [-0.39, 0.29) is 0 Å². The normalized spacial score (nSPS) is 10.7. The summed E-state index contributed by atoms with van der Waals surface area (Å²) in [6, 6.07) is 6.54. The molecule has 21 heavy (non-hydrogen) atoms. The Morgan fingerprint density at radius 3 is 2.52 bits per heavy atom. The molecule has 0 amide bonds. The summed E-state index contributed by atoms with van der Waals surface area (Å²) in [5.74, 6) is 0.990. The third-order valence-electron chi connectivity index (χ3n) is 3.62. The van der Waals surface area contributed by atoms with Gasteiger partial charge in [0.05, 0.1) is 5.69 Å². The zero-order valence-electron chi connectivity index (χ0n) is 13.5. The molecule has 1 heterocycles. The molecule has 3 heteroatoms. The van der Waals surface area contributed by atoms with Crippen LogP contribution in [0.2, 0.25) is 0 Å². The Balaban J connectivity index is 2.51. The first-order valence-electron chi connectivity index (χ1n) is 7.82. The van der Waals surface area contributed by atoms with Gasteiger partial charge in [0.2, 0.25) is 0 Å². The van der Waals surface area contributed by atoms with E-state index in [0.717, 1.165) is 37.3 Å². The topological polar surface area (TPSA) is 37.8 Å². The molecule has 0 fully saturated rings. The number of aryl methyl sites for hydroxylation is 2. The van der Waals surface area contributed by atoms with Gasteiger partial charge in [-0.25, -0.2) is 9.97 Å². The molecule has 2 aromatic rings. The largest absolute Gasteiger partial charge is 0.370 e. The molecule has 2 rings (SSSR count). The van der Waals surface area contributed by atoms with E-state index in [1.807, 2.05) is 0 Å². The zero-order chi connectivity index (χ0) is 15.2. The first kappa shape index (κ1) is 15.5. The Labute approximate surface area is 127 Å². The van der Waals surface area contributed by atoms with Gasteiger partial charge in [-0.3, -0.25) is 0 Å². The van der Waals surface area contributed by atoms with E-state index in [9.17, 15) is 0 Å². The molecule has 1 N–H and O–H groups in total. The number of aromatic nitrogens is 2. The molecule has 0 saturated heterocycles. The lowest BCUT2D eigenvalue weighted by Gasteiger charge is -2.15. The van der Waals surface area contributed by atoms with Crippen molar-refractivity contribution in [3.63, 3.8) is 0 Å². The standard InChI is InChI=1S/C18H25N3/c1-5-7-16-17(15-9-8-13(3)11-14(15)4)20-12-21-18(16)19-10-6-2/h8-9,11-12H,5-7,10H2,1-4H3,(H,19,20,21). The fraction of sp³-hybridized carbons (Fsp3) is 0.444. The van der Waals surface area contributed by atoms with Gasteiger partial charge >= 0.3 is 0 Å². The summed E-state index contributed by atoms with van der Waals surface area (Å²) < 4.78 is 0. The van der Waals surface area contributed by atoms with E-state index in [1.165, 1.54) is 22.3 Å². The SMILES string of the molecule is CCCNc1ncnc(-c2ccc(C)cc2C)c1CCC. The fourth-order valence-electron chi connectivity index (χ4n) is 2.61. The van der Waals surface area contributed by atoms with E-state index < -0.39 is 0 Å². The summed E-state index contributed by atoms with van der Waals surface area (Å²) in [5.41, 5.74) is 6.08. The minimum absolute atomic E-state index is 0.944. The fourth-order valence-corrected chi connectivity index (χ4v) is 2.61. The second-order valence-electron chi connectivity index (χ2n) is 5.54. The average Bonchev–Trinajstić information content (AvgIpc) is 2.47. The van der Waals surface area contributed by atoms with Crippen LogP contribution in [0, 0.1) is 13.8 Å². The Hall–Kier alpha value is -1.90. The van der Waals surface area contributed by atoms with Crippen LogP contribution in [0.4, 0.5) is 5.82 Å². The van der Waals surface area contributed by atoms with Crippen LogP contribution in [0.15, 0.2) is 24.5 Å². The predicted molar refractivity (Wildman–Crippen MR) is 89.7 cm³/mol. The van der Waals surface area contributed by atoms with Crippen LogP contribution in [0.3, 0.4) is 0 Å². The predicted octanol–water partition coefficient (Wildman–Crippen LogP) is 4.53. The molecule has 1 aromatic carbocycles. The number of rotatable bonds is 6. The highest BCUT2D eigenvalue weighted by Crippen LogP contribution is 2.29. The maximum Gasteiger partial charge on any atom is 0.133 e. The molecule has 0 bridgehead atoms. The molecule has 112 valence electrons. The average molecular weight is 283 g/mol. The highest BCUT2D eigenvalue weighted by Gasteiger charge is 2.13. The summed E-state index contributed by atoms with van der Waals surface area (Å²) in [6.07, 6.45) is 4.85. The van der Waals surface area contributed by atoms with Gasteiger partial charge in [-0.05, 0) is 32.3 Å². The Morgan fingerprint density at radius 2 is 1.86 bits per heavy atom. The Morgan fingerprint density at radius 1 is 1.05 bits per heavy atom. The molecule has 0 aliphatic rings. The smallest absolute Gasteiger partial charge is 0.133 e. The monoisotopic (exact) mass is 283 g/mol. The summed E-state index contributed by atoms with van der Waals surface area (Å²) in [4.78, 5) is 9.02. The molecule has 0 saturated carbocycles. The molecular weight excluding hydrogens is 258 g/mol. The van der Waals surface area contributed by atoms with Crippen molar-refractivity contribution < 1.29 is 0 Å². The van der Waals surface area contributed by atoms with Crippen molar-refractivity contribution in [1.29, 1.82) is 0 Å². The molecular formula is C18H25N3. The van der Waals surface area contributed by atoms with Crippen molar-refractivity contribution in [1.82, 2.24) is 9.97 Å². The van der Waals surface area contributed by atoms with Gasteiger partial charge in [-0.15, -0.1) is 0 Å². The van der Waals surface area contributed by atoms with Crippen molar-refractivity contribution in [3.05, 3.63) is 41.2 Å². The van der Waals surface area contributed by atoms with Crippen LogP contribution in [-0.2, 0) is 6.42 Å². The third-order valence-corrected chi connectivity index (χ3v) is 3.62. The van der Waals surface area contributed by atoms with Crippen LogP contribution in [-0.4, -0.2) is 16.5 Å². The van der Waals surface area contributed by atoms with Crippen molar-refractivity contribution in [3.8, 4) is 11.3 Å². The van der Waals surface area contributed by atoms with E-state index >= 15 is 0 Å². The first-order chi connectivity index (χ1) is 10.2.